The lowest BCUT2D eigenvalue weighted by Crippen LogP contribution is -2.17. The van der Waals surface area contributed by atoms with Crippen molar-refractivity contribution >= 4 is 128 Å². The fourth-order valence-corrected chi connectivity index (χ4v) is 16.4. The number of hydrogen-bond acceptors (Lipinski definition) is 16. The molecule has 0 fully saturated rings. The van der Waals surface area contributed by atoms with E-state index < -0.39 is 17.9 Å². The van der Waals surface area contributed by atoms with Gasteiger partial charge in [0.25, 0.3) is 17.7 Å². The Hall–Kier alpha value is -18.1. The van der Waals surface area contributed by atoms with Crippen molar-refractivity contribution in [2.45, 2.75) is 6.18 Å². The third-order valence-corrected chi connectivity index (χ3v) is 22.5. The van der Waals surface area contributed by atoms with Gasteiger partial charge in [0.2, 0.25) is 5.82 Å². The van der Waals surface area contributed by atoms with Crippen LogP contribution in [-0.4, -0.2) is 136 Å². The molecule has 0 saturated carbocycles. The first-order valence-corrected chi connectivity index (χ1v) is 40.7. The molecule has 638 valence electrons. The van der Waals surface area contributed by atoms with Crippen LogP contribution in [0, 0.1) is 0 Å². The van der Waals surface area contributed by atoms with Crippen molar-refractivity contribution in [3.8, 4) is 79.7 Å². The number of benzene rings is 11. The molecule has 11 N–H and O–H groups in total. The molecule has 11 aromatic heterocycles. The monoisotopic (exact) mass is 1730 g/mol. The summed E-state index contributed by atoms with van der Waals surface area (Å²) < 4.78 is 52.0. The van der Waals surface area contributed by atoms with Gasteiger partial charge < -0.3 is 65.6 Å². The lowest BCUT2D eigenvalue weighted by Gasteiger charge is -2.13. The summed E-state index contributed by atoms with van der Waals surface area (Å²) in [4.78, 5) is 126. The zero-order chi connectivity index (χ0) is 89.5. The molecule has 130 heavy (non-hydrogen) atoms. The van der Waals surface area contributed by atoms with E-state index in [-0.39, 0.29) is 45.5 Å². The average molecular weight is 1730 g/mol. The predicted octanol–water partition coefficient (Wildman–Crippen LogP) is 15.9. The third-order valence-electron chi connectivity index (χ3n) is 22.5. The molecule has 0 aliphatic carbocycles. The van der Waals surface area contributed by atoms with Crippen LogP contribution in [0.5, 0.6) is 0 Å². The summed E-state index contributed by atoms with van der Waals surface area (Å²) in [6.07, 6.45) is 2.46. The molecule has 11 aromatic carbocycles. The molecule has 0 spiro atoms. The van der Waals surface area contributed by atoms with Gasteiger partial charge in [-0.1, -0.05) is 85.4 Å². The lowest BCUT2D eigenvalue weighted by molar-refractivity contribution is -0.145. The Morgan fingerprint density at radius 2 is 0.738 bits per heavy atom. The Morgan fingerprint density at radius 3 is 1.19 bits per heavy atom. The molecule has 12 heterocycles. The van der Waals surface area contributed by atoms with Gasteiger partial charge in [0.15, 0.2) is 0 Å². The number of anilines is 2. The summed E-state index contributed by atoms with van der Waals surface area (Å²) in [5, 5.41) is 15.6. The first kappa shape index (κ1) is 80.3. The molecule has 0 radical (unpaired) electrons. The second-order valence-electron chi connectivity index (χ2n) is 30.6. The van der Waals surface area contributed by atoms with E-state index in [9.17, 15) is 41.9 Å². The molecule has 0 bridgehead atoms. The largest absolute Gasteiger partial charge is 0.450 e. The normalized spacial score (nSPS) is 11.9. The maximum atomic E-state index is 13.6. The Balaban J connectivity index is 0.000000110. The van der Waals surface area contributed by atoms with Gasteiger partial charge in [0.1, 0.15) is 23.3 Å². The molecule has 1 aliphatic rings. The van der Waals surface area contributed by atoms with Crippen molar-refractivity contribution in [3.05, 3.63) is 334 Å². The Labute approximate surface area is 730 Å². The molecule has 34 heteroatoms. The number of carbonyl (C=O) groups is 3. The fourth-order valence-electron chi connectivity index (χ4n) is 16.4. The van der Waals surface area contributed by atoms with Crippen LogP contribution in [0.25, 0.3) is 179 Å². The first-order valence-electron chi connectivity index (χ1n) is 40.7. The van der Waals surface area contributed by atoms with Gasteiger partial charge in [-0.3, -0.25) is 32.7 Å². The summed E-state index contributed by atoms with van der Waals surface area (Å²) in [6.45, 7) is 3.74. The van der Waals surface area contributed by atoms with E-state index in [1.165, 1.54) is 25.2 Å². The predicted molar refractivity (Wildman–Crippen MR) is 495 cm³/mol. The second kappa shape index (κ2) is 32.2. The van der Waals surface area contributed by atoms with E-state index in [1.807, 2.05) is 202 Å². The number of amides is 3. The molecule has 22 aromatic rings. The highest BCUT2D eigenvalue weighted by molar-refractivity contribution is 6.04. The van der Waals surface area contributed by atoms with Gasteiger partial charge in [-0.25, -0.2) is 54.3 Å². The number of para-hydroxylation sites is 4. The molecule has 0 saturated heterocycles. The summed E-state index contributed by atoms with van der Waals surface area (Å²) in [5.41, 5.74) is 22.3. The minimum atomic E-state index is -4.67. The van der Waals surface area contributed by atoms with Gasteiger partial charge >= 0.3 is 23.2 Å². The number of alkyl halides is 3. The van der Waals surface area contributed by atoms with Crippen LogP contribution in [0.2, 0.25) is 0 Å². The summed E-state index contributed by atoms with van der Waals surface area (Å²) in [5.74, 6) is 0.975. The van der Waals surface area contributed by atoms with Gasteiger partial charge in [-0.2, -0.15) is 13.2 Å². The summed E-state index contributed by atoms with van der Waals surface area (Å²) >= 11 is 0. The SMILES string of the molecule is C=C1Nc2ccc(-n3c(C(F)(F)F)nc4cc(C(=O)NC)ccc43)cc2N1.CNC(=O)c1ccc2c(c1)nc(-c1cc(-c3cncn3C)nc3ccccc13)n2-c1ccc2[nH]c(=O)[nH]c2c1.CNC(=O)c1ccc2c(c1)nc(-c1ccccc1)n2-c1ccc2[nH]c(=O)[nH]c2c1.Cn1cncc1-c1cc(-c2nc3ccccc3n2-c2ccc3[nH]c(=O)[nH]c3c2)c2ccccc2n1. The topological polar surface area (TPSA) is 390 Å². The lowest BCUT2D eigenvalue weighted by atomic mass is 10.1. The fraction of sp³-hybridized carbons (Fsp3) is 0.0625. The van der Waals surface area contributed by atoms with Crippen molar-refractivity contribution in [2.24, 2.45) is 14.1 Å². The second-order valence-corrected chi connectivity index (χ2v) is 30.6. The number of fused-ring (bicyclic) bond motifs is 10. The molecule has 31 nitrogen and oxygen atoms in total. The zero-order valence-corrected chi connectivity index (χ0v) is 69.5. The van der Waals surface area contributed by atoms with Crippen molar-refractivity contribution in [1.29, 1.82) is 0 Å². The van der Waals surface area contributed by atoms with E-state index in [2.05, 4.69) is 101 Å². The minimum absolute atomic E-state index is 0.0828. The molecule has 0 atom stereocenters. The van der Waals surface area contributed by atoms with Crippen molar-refractivity contribution in [3.63, 3.8) is 0 Å². The van der Waals surface area contributed by atoms with E-state index in [0.29, 0.717) is 56.2 Å². The molecular formula is C96H72F3N25O6. The number of H-pyrrole nitrogens is 6. The number of carbonyl (C=O) groups excluding carboxylic acids is 3. The van der Waals surface area contributed by atoms with Crippen LogP contribution in [0.3, 0.4) is 0 Å². The number of nitrogens with one attached hydrogen (secondary N) is 11. The van der Waals surface area contributed by atoms with Crippen LogP contribution in [0.15, 0.2) is 294 Å². The first-order chi connectivity index (χ1) is 63.1. The summed E-state index contributed by atoms with van der Waals surface area (Å²) in [7, 11) is 8.55. The number of halogens is 3. The highest BCUT2D eigenvalue weighted by Gasteiger charge is 2.39. The number of hydrogen-bond donors (Lipinski definition) is 11. The van der Waals surface area contributed by atoms with Crippen molar-refractivity contribution < 1.29 is 27.6 Å². The number of aryl methyl sites for hydroxylation is 2. The molecule has 1 aliphatic heterocycles. The third kappa shape index (κ3) is 14.7. The Kier molecular flexibility index (Phi) is 19.9. The van der Waals surface area contributed by atoms with Gasteiger partial charge in [0, 0.05) is 102 Å². The van der Waals surface area contributed by atoms with Crippen LogP contribution in [0.1, 0.15) is 36.9 Å². The van der Waals surface area contributed by atoms with Crippen molar-refractivity contribution in [1.82, 2.24) is 113 Å². The standard InChI is InChI=1S/C29H22N8O2.C27H19N7O.C22H17N5O2.C18H14F3N5O/c1-30-28(38)16-7-10-25-23(11-16)33-27(37(25)17-8-9-21-22(12-17)35-29(39)34-21)19-13-24(26-14-31-15-36(26)2)32-20-6-4-3-5-18(19)20;1-33-15-28-14-25(33)23-13-18(17-6-2-3-7-19(17)29-23)26-30-21-8-4-5-9-24(21)34(26)16-10-11-20-22(12-16)32-27(35)31-20;1-23-21(28)14-7-10-19-18(11-14)24-20(13-5-3-2-4-6-13)27(19)15-8-9-16-17(12-15)26-22(29)25-16;1-9-23-12-5-4-11(8-13(12)24-9)26-15-6-3-10(16(27)22-2)7-14(15)25-17(26)18(19,20)21/h3-15H,1-2H3,(H,30,38)(H2,34,35,39);2-15H,1H3,(H2,31,32,35);2-12H,1H3,(H,23,28)(H2,25,26,29);3-8,23-24H,1H2,2H3,(H,22,27). The van der Waals surface area contributed by atoms with E-state index >= 15 is 0 Å². The molecule has 0 unspecified atom stereocenters. The smallest absolute Gasteiger partial charge is 0.355 e. The number of rotatable bonds is 12. The number of pyridine rings is 2. The Morgan fingerprint density at radius 1 is 0.362 bits per heavy atom. The maximum absolute atomic E-state index is 13.6. The van der Waals surface area contributed by atoms with Gasteiger partial charge in [-0.05, 0) is 164 Å². The highest BCUT2D eigenvalue weighted by atomic mass is 19.4. The van der Waals surface area contributed by atoms with Crippen LogP contribution in [-0.2, 0) is 20.3 Å². The van der Waals surface area contributed by atoms with Crippen molar-refractivity contribution in [2.75, 3.05) is 31.8 Å². The molecular weight excluding hydrogens is 1660 g/mol. The van der Waals surface area contributed by atoms with E-state index in [4.69, 9.17) is 24.9 Å². The Bertz CT molecular complexity index is 8560. The number of aromatic amines is 6. The number of imidazole rings is 9. The summed E-state index contributed by atoms with van der Waals surface area (Å²) in [6, 6.07) is 75.4. The van der Waals surface area contributed by atoms with Gasteiger partial charge in [0.05, 0.1) is 147 Å². The van der Waals surface area contributed by atoms with Crippen LogP contribution >= 0.6 is 0 Å². The molecule has 23 rings (SSSR count). The zero-order valence-electron chi connectivity index (χ0n) is 69.5. The average Bonchev–Trinajstić information content (AvgIpc) is 1.60. The highest BCUT2D eigenvalue weighted by Crippen LogP contribution is 2.42. The van der Waals surface area contributed by atoms with E-state index in [1.54, 1.807) is 75.4 Å². The van der Waals surface area contributed by atoms with E-state index in [0.717, 1.165) is 144 Å². The quantitative estimate of drug-likeness (QED) is 0.0541. The number of nitrogens with zero attached hydrogens (tertiary/aromatic N) is 14. The molecule has 3 amide bonds. The van der Waals surface area contributed by atoms with Crippen LogP contribution in [0.4, 0.5) is 24.5 Å². The van der Waals surface area contributed by atoms with Gasteiger partial charge in [-0.15, -0.1) is 0 Å². The maximum Gasteiger partial charge on any atom is 0.450 e. The number of aromatic nitrogens is 20. The minimum Gasteiger partial charge on any atom is -0.355 e. The van der Waals surface area contributed by atoms with Crippen LogP contribution < -0.4 is 43.7 Å².